The van der Waals surface area contributed by atoms with Gasteiger partial charge in [-0.25, -0.2) is 0 Å². The molecule has 128 heavy (non-hydrogen) atoms. The van der Waals surface area contributed by atoms with Crippen molar-refractivity contribution in [3.8, 4) is 0 Å². The van der Waals surface area contributed by atoms with Crippen LogP contribution in [0.4, 0.5) is 0 Å². The molecule has 0 saturated carbocycles. The molecule has 42 atom stereocenters. The van der Waals surface area contributed by atoms with Crippen LogP contribution in [0, 0.1) is 0 Å². The summed E-state index contributed by atoms with van der Waals surface area (Å²) in [7, 11) is 0. The number of carbonyl (C=O) groups is 1. The molecule has 0 spiro atoms. The van der Waals surface area contributed by atoms with E-state index in [0.29, 0.717) is 12.8 Å². The molecule has 8 rings (SSSR count). The number of allylic oxidation sites excluding steroid dienone is 1. The molecule has 8 saturated heterocycles. The highest BCUT2D eigenvalue weighted by atomic mass is 16.8. The Kier molecular flexibility index (Phi) is 49.4. The molecule has 0 aromatic rings. The van der Waals surface area contributed by atoms with Crippen LogP contribution < -0.4 is 5.32 Å². The van der Waals surface area contributed by atoms with E-state index in [2.05, 4.69) is 19.2 Å². The molecule has 16 unspecified atom stereocenters. The molecule has 0 aromatic heterocycles. The van der Waals surface area contributed by atoms with Crippen molar-refractivity contribution in [1.82, 2.24) is 5.32 Å². The maximum atomic E-state index is 13.5. The third-order valence-corrected chi connectivity index (χ3v) is 25.2. The second kappa shape index (κ2) is 57.0. The zero-order valence-corrected chi connectivity index (χ0v) is 73.1. The predicted molar refractivity (Wildman–Crippen MR) is 436 cm³/mol. The Bertz CT molecular complexity index is 3010. The van der Waals surface area contributed by atoms with Crippen LogP contribution in [-0.2, 0) is 80.6 Å². The van der Waals surface area contributed by atoms with E-state index in [0.717, 1.165) is 51.4 Å². The van der Waals surface area contributed by atoms with Gasteiger partial charge in [0.2, 0.25) is 5.91 Å². The zero-order chi connectivity index (χ0) is 93.4. The lowest BCUT2D eigenvalue weighted by Crippen LogP contribution is -2.69. The van der Waals surface area contributed by atoms with Crippen molar-refractivity contribution >= 4 is 5.91 Å². The molecule has 1 amide bonds. The maximum absolute atomic E-state index is 13.5. The lowest BCUT2D eigenvalue weighted by atomic mass is 9.95. The van der Waals surface area contributed by atoms with Gasteiger partial charge in [0.05, 0.1) is 71.6 Å². The summed E-state index contributed by atoms with van der Waals surface area (Å²) in [5, 5.41) is 292. The van der Waals surface area contributed by atoms with Crippen LogP contribution in [0.5, 0.6) is 0 Å². The molecule has 8 aliphatic rings. The van der Waals surface area contributed by atoms with Crippen LogP contribution in [0.15, 0.2) is 12.2 Å². The van der Waals surface area contributed by atoms with Gasteiger partial charge in [-0.05, 0) is 19.3 Å². The molecule has 0 aromatic carbocycles. The largest absolute Gasteiger partial charge is 0.394 e. The second-order valence-electron chi connectivity index (χ2n) is 34.8. The third kappa shape index (κ3) is 30.5. The van der Waals surface area contributed by atoms with Gasteiger partial charge in [-0.3, -0.25) is 4.79 Å². The summed E-state index contributed by atoms with van der Waals surface area (Å²) in [4.78, 5) is 13.5. The first-order chi connectivity index (χ1) is 61.5. The van der Waals surface area contributed by atoms with E-state index >= 15 is 0 Å². The lowest BCUT2D eigenvalue weighted by Gasteiger charge is -2.50. The first-order valence-electron chi connectivity index (χ1n) is 46.0. The highest BCUT2D eigenvalue weighted by molar-refractivity contribution is 5.76. The number of ether oxygens (including phenoxy) is 16. The smallest absolute Gasteiger partial charge is 0.220 e. The lowest BCUT2D eigenvalue weighted by molar-refractivity contribution is -0.401. The van der Waals surface area contributed by atoms with Crippen molar-refractivity contribution in [3.63, 3.8) is 0 Å². The molecule has 0 bridgehead atoms. The summed E-state index contributed by atoms with van der Waals surface area (Å²) >= 11 is 0. The first-order valence-corrected chi connectivity index (χ1v) is 46.0. The average Bonchev–Trinajstić information content (AvgIpc) is 0.771. The van der Waals surface area contributed by atoms with Gasteiger partial charge < -0.3 is 214 Å². The summed E-state index contributed by atoms with van der Waals surface area (Å²) in [6.45, 7) is -4.50. The molecule has 8 fully saturated rings. The molecule has 27 N–H and O–H groups in total. The molecule has 0 radical (unpaired) electrons. The monoisotopic (exact) mass is 1860 g/mol. The predicted octanol–water partition coefficient (Wildman–Crippen LogP) is -7.06. The van der Waals surface area contributed by atoms with Crippen molar-refractivity contribution in [3.05, 3.63) is 12.2 Å². The number of rotatable bonds is 56. The Balaban J connectivity index is 0.869. The number of hydrogen-bond donors (Lipinski definition) is 27. The van der Waals surface area contributed by atoms with Crippen molar-refractivity contribution < 1.29 is 213 Å². The highest BCUT2D eigenvalue weighted by Gasteiger charge is 2.60. The van der Waals surface area contributed by atoms with Gasteiger partial charge in [0.15, 0.2) is 50.3 Å². The Morgan fingerprint density at radius 2 is 0.508 bits per heavy atom. The number of hydrogen-bond acceptors (Lipinski definition) is 43. The normalized spacial score (nSPS) is 41.4. The van der Waals surface area contributed by atoms with E-state index in [1.54, 1.807) is 6.08 Å². The van der Waals surface area contributed by atoms with Crippen LogP contribution >= 0.6 is 0 Å². The van der Waals surface area contributed by atoms with Crippen LogP contribution in [0.1, 0.15) is 194 Å². The van der Waals surface area contributed by atoms with Crippen LogP contribution in [0.3, 0.4) is 0 Å². The number of unbranched alkanes of at least 4 members (excludes halogenated alkanes) is 25. The van der Waals surface area contributed by atoms with Crippen molar-refractivity contribution in [2.75, 3.05) is 59.5 Å². The summed E-state index contributed by atoms with van der Waals surface area (Å²) in [6.07, 6.45) is -49.3. The fraction of sp³-hybridized carbons (Fsp3) is 0.964. The molecule has 8 heterocycles. The second-order valence-corrected chi connectivity index (χ2v) is 34.8. The maximum Gasteiger partial charge on any atom is 0.220 e. The van der Waals surface area contributed by atoms with E-state index in [4.69, 9.17) is 75.8 Å². The average molecular weight is 1860 g/mol. The molecule has 0 aliphatic carbocycles. The zero-order valence-electron chi connectivity index (χ0n) is 73.1. The van der Waals surface area contributed by atoms with Gasteiger partial charge in [0.1, 0.15) is 195 Å². The topological polar surface area (TPSA) is 703 Å². The van der Waals surface area contributed by atoms with E-state index in [1.165, 1.54) is 109 Å². The molecule has 750 valence electrons. The summed E-state index contributed by atoms with van der Waals surface area (Å²) < 4.78 is 92.3. The molecular weight excluding hydrogens is 1710 g/mol. The van der Waals surface area contributed by atoms with E-state index in [-0.39, 0.29) is 12.3 Å². The summed E-state index contributed by atoms with van der Waals surface area (Å²) in [5.41, 5.74) is 0. The summed E-state index contributed by atoms with van der Waals surface area (Å²) in [5.74, 6) is -0.354. The number of aliphatic hydroxyl groups is 26. The summed E-state index contributed by atoms with van der Waals surface area (Å²) in [6, 6.07) is -1.08. The van der Waals surface area contributed by atoms with Crippen LogP contribution in [-0.4, -0.2) is 456 Å². The quantitative estimate of drug-likeness (QED) is 0.0199. The Morgan fingerprint density at radius 3 is 0.805 bits per heavy atom. The van der Waals surface area contributed by atoms with Crippen molar-refractivity contribution in [1.29, 1.82) is 0 Å². The van der Waals surface area contributed by atoms with E-state index in [1.807, 2.05) is 6.08 Å². The number of carbonyl (C=O) groups excluding carboxylic acids is 1. The number of amides is 1. The van der Waals surface area contributed by atoms with Gasteiger partial charge in [-0.2, -0.15) is 0 Å². The van der Waals surface area contributed by atoms with Crippen LogP contribution in [0.2, 0.25) is 0 Å². The SMILES string of the molecule is CCCCCCCCCCCCC/C=C/[C@@H](O)[C@H](CO[C@@H]1OC(CO)[C@@H](O[C@@H]2OC(CO)[C@H](O[C@@H]3OC(CO)[C@H](O)[C@H](O[C@H]4OC(CO)[C@H](O)[C@H](O[C@H]5OC(CO)[C@H](O)[C@H](O[C@H]6OC(CO)[C@H](O)[C@H](O[C@H]7OC(CO)[C@H](O)[C@H](O[C@H]8OC(CO)[C@H](O)[C@H](O)C8O)C7O)C6O)C5O)C4O)C3O)[C@H](O)C2O)[C@H](O)C1O)NC(=O)CCCCCCCCCCCCCCCCC. The fourth-order valence-corrected chi connectivity index (χ4v) is 17.2. The minimum Gasteiger partial charge on any atom is -0.394 e. The first kappa shape index (κ1) is 111. The minimum atomic E-state index is -2.39. The van der Waals surface area contributed by atoms with Crippen molar-refractivity contribution in [2.45, 2.75) is 451 Å². The van der Waals surface area contributed by atoms with Crippen molar-refractivity contribution in [2.24, 2.45) is 0 Å². The van der Waals surface area contributed by atoms with Gasteiger partial charge in [0, 0.05) is 6.42 Å². The molecular formula is C84H151NO43. The fourth-order valence-electron chi connectivity index (χ4n) is 17.2. The van der Waals surface area contributed by atoms with E-state index in [9.17, 15) is 138 Å². The Labute approximate surface area is 744 Å². The Hall–Kier alpha value is -2.47. The third-order valence-electron chi connectivity index (χ3n) is 25.2. The van der Waals surface area contributed by atoms with Crippen LogP contribution in [0.25, 0.3) is 0 Å². The van der Waals surface area contributed by atoms with Gasteiger partial charge >= 0.3 is 0 Å². The van der Waals surface area contributed by atoms with Gasteiger partial charge in [-0.1, -0.05) is 180 Å². The van der Waals surface area contributed by atoms with Gasteiger partial charge in [0.25, 0.3) is 0 Å². The number of aliphatic hydroxyl groups excluding tert-OH is 26. The van der Waals surface area contributed by atoms with Gasteiger partial charge in [-0.15, -0.1) is 0 Å². The molecule has 44 heteroatoms. The highest BCUT2D eigenvalue weighted by Crippen LogP contribution is 2.40. The standard InChI is InChI=1S/C84H151NO43/c1-3-5-7-9-11-13-15-17-18-20-22-24-26-28-30-32-52(95)85-42(43(94)31-29-27-25-23-21-19-16-14-12-10-8-6-4-2)41-113-77-63(106)60(103)70(50(39-92)120-77)122-79-64(107)61(104)71(51(40-93)121-79)123-80-65(108)73(55(98)45(34-87)115-80)125-82-67(110)75(57(100)47(36-89)117-82)127-84-69(112)76(58(101)49(38-91)119-84)128-83-68(111)74(56(99)48(37-90)118-83)126-81-66(109)72(54(97)46(35-88)116-81)124-78-62(105)59(102)53(96)44(33-86)114-78/h29,31,42-51,53-84,86-94,96-112H,3-28,30,32-41H2,1-2H3,(H,85,95)/b31-29+/t42-,43+,44?,45?,46?,47?,48?,49?,50?,51?,53-,54-,55-,56-,57-,58-,59-,60+,61+,62?,63?,64?,65?,66?,67?,68?,69?,70+,71-,72-,73-,74-,75-,76-,77+,78+,79-,80-,81+,82+,83+,84+/m0/s1. The number of nitrogens with one attached hydrogen (secondary N) is 1. The minimum absolute atomic E-state index is 0.164. The molecule has 8 aliphatic heterocycles. The Morgan fingerprint density at radius 1 is 0.273 bits per heavy atom. The van der Waals surface area contributed by atoms with E-state index < -0.39 is 317 Å². The molecule has 44 nitrogen and oxygen atoms in total.